The van der Waals surface area contributed by atoms with Gasteiger partial charge in [0.15, 0.2) is 0 Å². The van der Waals surface area contributed by atoms with Gasteiger partial charge in [-0.25, -0.2) is 9.37 Å². The number of carbonyl (C=O) groups excluding carboxylic acids is 1. The Balaban J connectivity index is 1.68. The van der Waals surface area contributed by atoms with Gasteiger partial charge >= 0.3 is 0 Å². The second-order valence-electron chi connectivity index (χ2n) is 7.91. The fourth-order valence-corrected chi connectivity index (χ4v) is 4.54. The van der Waals surface area contributed by atoms with Crippen molar-refractivity contribution in [2.45, 2.75) is 25.8 Å². The molecule has 1 aliphatic heterocycles. The summed E-state index contributed by atoms with van der Waals surface area (Å²) >= 11 is 3.47. The van der Waals surface area contributed by atoms with Crippen LogP contribution in [0.1, 0.15) is 29.3 Å². The smallest absolute Gasteiger partial charge is 0.259 e. The molecule has 0 saturated heterocycles. The Morgan fingerprint density at radius 3 is 2.65 bits per heavy atom. The van der Waals surface area contributed by atoms with E-state index in [-0.39, 0.29) is 17.8 Å². The molecule has 4 aromatic rings. The van der Waals surface area contributed by atoms with Gasteiger partial charge in [-0.2, -0.15) is 0 Å². The lowest BCUT2D eigenvalue weighted by Gasteiger charge is -2.35. The van der Waals surface area contributed by atoms with Gasteiger partial charge in [-0.3, -0.25) is 4.79 Å². The van der Waals surface area contributed by atoms with Crippen LogP contribution in [0.2, 0.25) is 0 Å². The van der Waals surface area contributed by atoms with Crippen molar-refractivity contribution in [3.05, 3.63) is 94.2 Å². The van der Waals surface area contributed by atoms with Crippen LogP contribution in [0.5, 0.6) is 0 Å². The minimum absolute atomic E-state index is 0.0218. The number of carbonyl (C=O) groups is 1. The molecule has 5 rings (SSSR count). The SMILES string of the molecule is C[C@H]1CCc2cc(F)ccc2N1C(=O)c1cc(-c2ccc(Br)cc2)nc2ccccc12. The molecule has 3 aromatic carbocycles. The topological polar surface area (TPSA) is 33.2 Å². The van der Waals surface area contributed by atoms with E-state index in [0.29, 0.717) is 5.56 Å². The third-order valence-electron chi connectivity index (χ3n) is 5.88. The summed E-state index contributed by atoms with van der Waals surface area (Å²) < 4.78 is 14.8. The molecule has 2 heterocycles. The van der Waals surface area contributed by atoms with E-state index in [2.05, 4.69) is 15.9 Å². The molecule has 0 fully saturated rings. The van der Waals surface area contributed by atoms with E-state index in [1.807, 2.05) is 66.4 Å². The number of pyridine rings is 1. The number of halogens is 2. The highest BCUT2D eigenvalue weighted by molar-refractivity contribution is 9.10. The highest BCUT2D eigenvalue weighted by Crippen LogP contribution is 2.34. The second-order valence-corrected chi connectivity index (χ2v) is 8.83. The summed E-state index contributed by atoms with van der Waals surface area (Å²) in [6, 6.07) is 22.2. The number of rotatable bonds is 2. The van der Waals surface area contributed by atoms with Crippen molar-refractivity contribution in [3.63, 3.8) is 0 Å². The first kappa shape index (κ1) is 19.9. The minimum atomic E-state index is -0.271. The van der Waals surface area contributed by atoms with Crippen LogP contribution in [0.15, 0.2) is 77.3 Å². The predicted molar refractivity (Wildman–Crippen MR) is 126 cm³/mol. The van der Waals surface area contributed by atoms with Crippen LogP contribution in [-0.2, 0) is 6.42 Å². The summed E-state index contributed by atoms with van der Waals surface area (Å²) in [6.07, 6.45) is 1.56. The van der Waals surface area contributed by atoms with Gasteiger partial charge in [-0.1, -0.05) is 46.3 Å². The van der Waals surface area contributed by atoms with E-state index >= 15 is 0 Å². The summed E-state index contributed by atoms with van der Waals surface area (Å²) in [6.45, 7) is 2.04. The fourth-order valence-electron chi connectivity index (χ4n) is 4.28. The van der Waals surface area contributed by atoms with Crippen LogP contribution in [0.3, 0.4) is 0 Å². The molecule has 0 aliphatic carbocycles. The number of amides is 1. The van der Waals surface area contributed by atoms with Crippen molar-refractivity contribution in [1.29, 1.82) is 0 Å². The first-order valence-electron chi connectivity index (χ1n) is 10.3. The van der Waals surface area contributed by atoms with Gasteiger partial charge in [0.2, 0.25) is 0 Å². The van der Waals surface area contributed by atoms with Crippen molar-refractivity contribution in [1.82, 2.24) is 4.98 Å². The summed E-state index contributed by atoms with van der Waals surface area (Å²) in [4.78, 5) is 20.5. The molecule has 0 bridgehead atoms. The Bertz CT molecular complexity index is 1300. The first-order chi connectivity index (χ1) is 15.0. The Kier molecular flexibility index (Phi) is 5.06. The molecule has 1 atom stereocenters. The van der Waals surface area contributed by atoms with Crippen LogP contribution in [0.25, 0.3) is 22.2 Å². The molecule has 5 heteroatoms. The number of benzene rings is 3. The van der Waals surface area contributed by atoms with Gasteiger partial charge < -0.3 is 4.90 Å². The lowest BCUT2D eigenvalue weighted by molar-refractivity contribution is 0.0976. The average molecular weight is 475 g/mol. The van der Waals surface area contributed by atoms with E-state index in [9.17, 15) is 9.18 Å². The van der Waals surface area contributed by atoms with E-state index in [1.54, 1.807) is 12.1 Å². The third-order valence-corrected chi connectivity index (χ3v) is 6.41. The van der Waals surface area contributed by atoms with Crippen molar-refractivity contribution in [2.24, 2.45) is 0 Å². The average Bonchev–Trinajstić information content (AvgIpc) is 2.78. The minimum Gasteiger partial charge on any atom is -0.305 e. The van der Waals surface area contributed by atoms with Gasteiger partial charge in [0.1, 0.15) is 5.82 Å². The summed E-state index contributed by atoms with van der Waals surface area (Å²) in [5, 5.41) is 0.815. The molecular weight excluding hydrogens is 455 g/mol. The maximum atomic E-state index is 13.9. The standard InChI is InChI=1S/C26H20BrFN2O/c1-16-6-7-18-14-20(28)12-13-25(18)30(16)26(31)22-15-24(17-8-10-19(27)11-9-17)29-23-5-3-2-4-21(22)23/h2-5,8-16H,6-7H2,1H3/t16-/m0/s1. The molecule has 0 spiro atoms. The van der Waals surface area contributed by atoms with E-state index in [0.717, 1.165) is 50.7 Å². The van der Waals surface area contributed by atoms with Crippen LogP contribution in [-0.4, -0.2) is 16.9 Å². The second kappa shape index (κ2) is 7.89. The van der Waals surface area contributed by atoms with Gasteiger partial charge in [0.05, 0.1) is 16.8 Å². The van der Waals surface area contributed by atoms with Crippen molar-refractivity contribution >= 4 is 38.4 Å². The largest absolute Gasteiger partial charge is 0.305 e. The van der Waals surface area contributed by atoms with Crippen molar-refractivity contribution in [3.8, 4) is 11.3 Å². The molecule has 1 amide bonds. The van der Waals surface area contributed by atoms with Gasteiger partial charge in [0, 0.05) is 27.2 Å². The van der Waals surface area contributed by atoms with Gasteiger partial charge in [-0.15, -0.1) is 0 Å². The number of aromatic nitrogens is 1. The highest BCUT2D eigenvalue weighted by Gasteiger charge is 2.30. The Morgan fingerprint density at radius 1 is 1.06 bits per heavy atom. The highest BCUT2D eigenvalue weighted by atomic mass is 79.9. The number of anilines is 1. The fraction of sp³-hybridized carbons (Fsp3) is 0.154. The molecule has 0 unspecified atom stereocenters. The Labute approximate surface area is 188 Å². The van der Waals surface area contributed by atoms with Crippen LogP contribution < -0.4 is 4.90 Å². The zero-order chi connectivity index (χ0) is 21.5. The molecule has 1 aromatic heterocycles. The quantitative estimate of drug-likeness (QED) is 0.320. The number of para-hydroxylation sites is 1. The van der Waals surface area contributed by atoms with Gasteiger partial charge in [-0.05, 0) is 67.8 Å². The van der Waals surface area contributed by atoms with E-state index < -0.39 is 0 Å². The molecule has 0 N–H and O–H groups in total. The van der Waals surface area contributed by atoms with Crippen LogP contribution >= 0.6 is 15.9 Å². The zero-order valence-corrected chi connectivity index (χ0v) is 18.6. The Morgan fingerprint density at radius 2 is 1.84 bits per heavy atom. The zero-order valence-electron chi connectivity index (χ0n) is 17.0. The molecular formula is C26H20BrFN2O. The normalized spacial score (nSPS) is 15.7. The molecule has 3 nitrogen and oxygen atoms in total. The Hall–Kier alpha value is -3.05. The third kappa shape index (κ3) is 3.63. The summed E-state index contributed by atoms with van der Waals surface area (Å²) in [5.41, 5.74) is 4.73. The molecule has 154 valence electrons. The molecule has 31 heavy (non-hydrogen) atoms. The number of hydrogen-bond donors (Lipinski definition) is 0. The summed E-state index contributed by atoms with van der Waals surface area (Å²) in [7, 11) is 0. The van der Waals surface area contributed by atoms with E-state index in [4.69, 9.17) is 4.98 Å². The van der Waals surface area contributed by atoms with Gasteiger partial charge in [0.25, 0.3) is 5.91 Å². The van der Waals surface area contributed by atoms with E-state index in [1.165, 1.54) is 6.07 Å². The summed E-state index contributed by atoms with van der Waals surface area (Å²) in [5.74, 6) is -0.357. The maximum absolute atomic E-state index is 13.9. The monoisotopic (exact) mass is 474 g/mol. The number of fused-ring (bicyclic) bond motifs is 2. The number of nitrogens with zero attached hydrogens (tertiary/aromatic N) is 2. The van der Waals surface area contributed by atoms with Crippen molar-refractivity contribution < 1.29 is 9.18 Å². The lowest BCUT2D eigenvalue weighted by atomic mass is 9.94. The molecule has 0 saturated carbocycles. The van der Waals surface area contributed by atoms with Crippen LogP contribution in [0, 0.1) is 5.82 Å². The molecule has 1 aliphatic rings. The lowest BCUT2D eigenvalue weighted by Crippen LogP contribution is -2.42. The number of hydrogen-bond acceptors (Lipinski definition) is 2. The molecule has 0 radical (unpaired) electrons. The predicted octanol–water partition coefficient (Wildman–Crippen LogP) is 6.78. The number of aryl methyl sites for hydroxylation is 1. The van der Waals surface area contributed by atoms with Crippen LogP contribution in [0.4, 0.5) is 10.1 Å². The van der Waals surface area contributed by atoms with Crippen molar-refractivity contribution in [2.75, 3.05) is 4.90 Å². The first-order valence-corrected chi connectivity index (χ1v) is 11.1. The maximum Gasteiger partial charge on any atom is 0.259 e.